The fourth-order valence-electron chi connectivity index (χ4n) is 2.45. The number of hydrogen-bond donors (Lipinski definition) is 0. The maximum absolute atomic E-state index is 4.38. The van der Waals surface area contributed by atoms with Crippen molar-refractivity contribution in [3.05, 3.63) is 72.6 Å². The third kappa shape index (κ3) is 5.90. The summed E-state index contributed by atoms with van der Waals surface area (Å²) in [4.78, 5) is 0. The minimum atomic E-state index is 0.471. The third-order valence-corrected chi connectivity index (χ3v) is 3.51. The van der Waals surface area contributed by atoms with Crippen LogP contribution in [-0.4, -0.2) is 9.78 Å². The number of aromatic nitrogens is 2. The predicted octanol–water partition coefficient (Wildman–Crippen LogP) is 7.11. The Morgan fingerprint density at radius 3 is 2.04 bits per heavy atom. The summed E-state index contributed by atoms with van der Waals surface area (Å²) in [7, 11) is 0. The van der Waals surface area contributed by atoms with Crippen LogP contribution in [0.4, 0.5) is 0 Å². The molecule has 0 amide bonds. The van der Waals surface area contributed by atoms with Gasteiger partial charge in [-0.2, -0.15) is 5.10 Å². The van der Waals surface area contributed by atoms with Crippen molar-refractivity contribution in [2.75, 3.05) is 0 Å². The van der Waals surface area contributed by atoms with E-state index in [9.17, 15) is 0 Å². The molecule has 3 aromatic rings. The average Bonchev–Trinajstić information content (AvgIpc) is 3.19. The lowest BCUT2D eigenvalue weighted by atomic mass is 9.96. The van der Waals surface area contributed by atoms with E-state index in [4.69, 9.17) is 0 Å². The molecular formula is C23H32N2. The van der Waals surface area contributed by atoms with Crippen molar-refractivity contribution in [1.82, 2.24) is 9.78 Å². The normalized spacial score (nSPS) is 9.72. The summed E-state index contributed by atoms with van der Waals surface area (Å²) in [5, 5.41) is 4.38. The van der Waals surface area contributed by atoms with E-state index in [0.29, 0.717) is 5.92 Å². The molecular weight excluding hydrogens is 304 g/mol. The number of nitrogens with zero attached hydrogens (tertiary/aromatic N) is 2. The molecule has 0 aliphatic carbocycles. The van der Waals surface area contributed by atoms with Gasteiger partial charge in [0.05, 0.1) is 5.69 Å². The SMILES string of the molecule is CC.CC(C)c1ccc(-c2ccccc2)cc1-n1cccn1.CCC. The van der Waals surface area contributed by atoms with Crippen LogP contribution in [0.25, 0.3) is 16.8 Å². The van der Waals surface area contributed by atoms with E-state index in [1.807, 2.05) is 43.1 Å². The lowest BCUT2D eigenvalue weighted by Crippen LogP contribution is -2.02. The minimum Gasteiger partial charge on any atom is -0.241 e. The Hall–Kier alpha value is -2.35. The number of hydrogen-bond acceptors (Lipinski definition) is 1. The van der Waals surface area contributed by atoms with Gasteiger partial charge in [-0.3, -0.25) is 0 Å². The lowest BCUT2D eigenvalue weighted by Gasteiger charge is -2.14. The van der Waals surface area contributed by atoms with Crippen LogP contribution in [0.5, 0.6) is 0 Å². The molecule has 25 heavy (non-hydrogen) atoms. The van der Waals surface area contributed by atoms with Crippen molar-refractivity contribution in [3.63, 3.8) is 0 Å². The standard InChI is InChI=1S/C18H18N2.C3H8.C2H6/c1-14(2)17-10-9-16(15-7-4-3-5-8-15)13-18(17)20-12-6-11-19-20;1-3-2;1-2/h3-14H,1-2H3;3H2,1-2H3;1-2H3. The van der Waals surface area contributed by atoms with Crippen LogP contribution in [0, 0.1) is 0 Å². The molecule has 0 radical (unpaired) electrons. The van der Waals surface area contributed by atoms with Crippen LogP contribution in [0.1, 0.15) is 59.4 Å². The minimum absolute atomic E-state index is 0.471. The van der Waals surface area contributed by atoms with Crippen LogP contribution >= 0.6 is 0 Å². The highest BCUT2D eigenvalue weighted by Crippen LogP contribution is 2.28. The van der Waals surface area contributed by atoms with Gasteiger partial charge >= 0.3 is 0 Å². The van der Waals surface area contributed by atoms with Crippen molar-refractivity contribution >= 4 is 0 Å². The van der Waals surface area contributed by atoms with Crippen molar-refractivity contribution < 1.29 is 0 Å². The molecule has 0 N–H and O–H groups in total. The molecule has 0 saturated heterocycles. The Kier molecular flexibility index (Phi) is 9.31. The van der Waals surface area contributed by atoms with E-state index in [2.05, 4.69) is 75.3 Å². The molecule has 0 bridgehead atoms. The van der Waals surface area contributed by atoms with Crippen molar-refractivity contribution in [1.29, 1.82) is 0 Å². The van der Waals surface area contributed by atoms with Gasteiger partial charge in [-0.05, 0) is 34.7 Å². The van der Waals surface area contributed by atoms with E-state index in [1.165, 1.54) is 23.1 Å². The van der Waals surface area contributed by atoms with Crippen LogP contribution < -0.4 is 0 Å². The lowest BCUT2D eigenvalue weighted by molar-refractivity contribution is 0.809. The summed E-state index contributed by atoms with van der Waals surface area (Å²) in [5.41, 5.74) is 4.93. The topological polar surface area (TPSA) is 17.8 Å². The van der Waals surface area contributed by atoms with Crippen LogP contribution in [0.15, 0.2) is 67.0 Å². The molecule has 0 unspecified atom stereocenters. The third-order valence-electron chi connectivity index (χ3n) is 3.51. The second kappa shape index (κ2) is 11.2. The molecule has 0 aliphatic heterocycles. The largest absolute Gasteiger partial charge is 0.241 e. The van der Waals surface area contributed by atoms with Gasteiger partial charge in [0.25, 0.3) is 0 Å². The van der Waals surface area contributed by atoms with Gasteiger partial charge in [-0.15, -0.1) is 0 Å². The Morgan fingerprint density at radius 2 is 1.52 bits per heavy atom. The molecule has 2 nitrogen and oxygen atoms in total. The molecule has 2 heteroatoms. The maximum atomic E-state index is 4.38. The molecule has 3 rings (SSSR count). The van der Waals surface area contributed by atoms with Crippen molar-refractivity contribution in [3.8, 4) is 16.8 Å². The van der Waals surface area contributed by atoms with E-state index in [1.54, 1.807) is 0 Å². The molecule has 2 aromatic carbocycles. The highest BCUT2D eigenvalue weighted by Gasteiger charge is 2.10. The summed E-state index contributed by atoms with van der Waals surface area (Å²) in [6, 6.07) is 19.0. The number of benzene rings is 2. The van der Waals surface area contributed by atoms with Gasteiger partial charge in [-0.1, -0.05) is 90.4 Å². The first-order chi connectivity index (χ1) is 12.2. The second-order valence-electron chi connectivity index (χ2n) is 5.95. The molecule has 1 aromatic heterocycles. The zero-order valence-corrected chi connectivity index (χ0v) is 16.5. The van der Waals surface area contributed by atoms with E-state index in [0.717, 1.165) is 5.69 Å². The van der Waals surface area contributed by atoms with Crippen LogP contribution in [0.2, 0.25) is 0 Å². The second-order valence-corrected chi connectivity index (χ2v) is 5.95. The Morgan fingerprint density at radius 1 is 0.880 bits per heavy atom. The maximum Gasteiger partial charge on any atom is 0.0686 e. The highest BCUT2D eigenvalue weighted by atomic mass is 15.3. The summed E-state index contributed by atoms with van der Waals surface area (Å²) < 4.78 is 1.95. The van der Waals surface area contributed by atoms with Gasteiger partial charge < -0.3 is 0 Å². The average molecular weight is 337 g/mol. The summed E-state index contributed by atoms with van der Waals surface area (Å²) >= 11 is 0. The molecule has 0 atom stereocenters. The molecule has 134 valence electrons. The molecule has 0 fully saturated rings. The van der Waals surface area contributed by atoms with Crippen LogP contribution in [0.3, 0.4) is 0 Å². The summed E-state index contributed by atoms with van der Waals surface area (Å²) in [5.74, 6) is 0.471. The van der Waals surface area contributed by atoms with Gasteiger partial charge in [0.15, 0.2) is 0 Å². The molecule has 0 spiro atoms. The smallest absolute Gasteiger partial charge is 0.0686 e. The first-order valence-corrected chi connectivity index (χ1v) is 9.36. The van der Waals surface area contributed by atoms with E-state index >= 15 is 0 Å². The quantitative estimate of drug-likeness (QED) is 0.498. The van der Waals surface area contributed by atoms with Gasteiger partial charge in [0, 0.05) is 12.4 Å². The monoisotopic (exact) mass is 336 g/mol. The van der Waals surface area contributed by atoms with E-state index in [-0.39, 0.29) is 0 Å². The Bertz CT molecular complexity index is 698. The first-order valence-electron chi connectivity index (χ1n) is 9.36. The molecule has 1 heterocycles. The fraction of sp³-hybridized carbons (Fsp3) is 0.348. The summed E-state index contributed by atoms with van der Waals surface area (Å²) in [6.45, 7) is 12.7. The van der Waals surface area contributed by atoms with Crippen LogP contribution in [-0.2, 0) is 0 Å². The van der Waals surface area contributed by atoms with E-state index < -0.39 is 0 Å². The van der Waals surface area contributed by atoms with Crippen molar-refractivity contribution in [2.45, 2.75) is 53.9 Å². The zero-order valence-electron chi connectivity index (χ0n) is 16.5. The van der Waals surface area contributed by atoms with Gasteiger partial charge in [0.2, 0.25) is 0 Å². The Balaban J connectivity index is 0.000000567. The number of rotatable bonds is 3. The van der Waals surface area contributed by atoms with Crippen molar-refractivity contribution in [2.24, 2.45) is 0 Å². The molecule has 0 aliphatic rings. The highest BCUT2D eigenvalue weighted by molar-refractivity contribution is 5.67. The molecule has 0 saturated carbocycles. The summed E-state index contributed by atoms with van der Waals surface area (Å²) in [6.07, 6.45) is 5.06. The van der Waals surface area contributed by atoms with Gasteiger partial charge in [0.1, 0.15) is 0 Å². The zero-order chi connectivity index (χ0) is 18.7. The first kappa shape index (κ1) is 20.7. The Labute approximate surface area is 153 Å². The predicted molar refractivity (Wildman–Crippen MR) is 110 cm³/mol. The van der Waals surface area contributed by atoms with Gasteiger partial charge in [-0.25, -0.2) is 4.68 Å². The fourth-order valence-corrected chi connectivity index (χ4v) is 2.45.